The van der Waals surface area contributed by atoms with Gasteiger partial charge in [0.25, 0.3) is 0 Å². The van der Waals surface area contributed by atoms with Crippen LogP contribution in [0, 0.1) is 11.6 Å². The molecular weight excluding hydrogens is 354 g/mol. The van der Waals surface area contributed by atoms with Gasteiger partial charge >= 0.3 is 0 Å². The molecule has 1 unspecified atom stereocenters. The van der Waals surface area contributed by atoms with Crippen LogP contribution >= 0.6 is 15.9 Å². The highest BCUT2D eigenvalue weighted by atomic mass is 79.9. The zero-order valence-corrected chi connectivity index (χ0v) is 13.3. The highest BCUT2D eigenvalue weighted by Gasteiger charge is 2.33. The lowest BCUT2D eigenvalue weighted by Gasteiger charge is -2.32. The van der Waals surface area contributed by atoms with Crippen molar-refractivity contribution in [1.82, 2.24) is 9.62 Å². The van der Waals surface area contributed by atoms with Crippen molar-refractivity contribution >= 4 is 26.0 Å². The van der Waals surface area contributed by atoms with Gasteiger partial charge in [0.2, 0.25) is 10.0 Å². The average molecular weight is 369 g/mol. The Morgan fingerprint density at radius 1 is 1.40 bits per heavy atom. The lowest BCUT2D eigenvalue weighted by atomic mass is 10.1. The Morgan fingerprint density at radius 2 is 2.10 bits per heavy atom. The monoisotopic (exact) mass is 368 g/mol. The van der Waals surface area contributed by atoms with Crippen molar-refractivity contribution in [2.45, 2.75) is 23.8 Å². The SMILES string of the molecule is CNC1CCCN(S(=O)(=O)c2c(F)cc(F)cc2Br)C1. The second kappa shape index (κ2) is 6.05. The summed E-state index contributed by atoms with van der Waals surface area (Å²) in [5, 5.41) is 3.02. The topological polar surface area (TPSA) is 49.4 Å². The summed E-state index contributed by atoms with van der Waals surface area (Å²) in [5.74, 6) is -1.90. The maximum Gasteiger partial charge on any atom is 0.247 e. The first-order chi connectivity index (χ1) is 9.36. The number of nitrogens with zero attached hydrogens (tertiary/aromatic N) is 1. The van der Waals surface area contributed by atoms with Gasteiger partial charge < -0.3 is 5.32 Å². The lowest BCUT2D eigenvalue weighted by Crippen LogP contribution is -2.47. The number of piperidine rings is 1. The Hall–Kier alpha value is -0.570. The van der Waals surface area contributed by atoms with Gasteiger partial charge in [0.1, 0.15) is 16.5 Å². The van der Waals surface area contributed by atoms with E-state index in [4.69, 9.17) is 0 Å². The molecule has 112 valence electrons. The van der Waals surface area contributed by atoms with E-state index >= 15 is 0 Å². The molecular formula is C12H15BrF2N2O2S. The molecule has 1 aromatic rings. The smallest absolute Gasteiger partial charge is 0.247 e. The third kappa shape index (κ3) is 3.03. The van der Waals surface area contributed by atoms with Gasteiger partial charge in [0, 0.05) is 29.7 Å². The molecule has 0 aliphatic carbocycles. The molecule has 0 amide bonds. The Morgan fingerprint density at radius 3 is 2.70 bits per heavy atom. The standard InChI is InChI=1S/C12H15BrF2N2O2S/c1-16-9-3-2-4-17(7-9)20(18,19)12-10(13)5-8(14)6-11(12)15/h5-6,9,16H,2-4,7H2,1H3. The number of hydrogen-bond donors (Lipinski definition) is 1. The summed E-state index contributed by atoms with van der Waals surface area (Å²) in [6, 6.07) is 1.58. The predicted molar refractivity (Wildman–Crippen MR) is 74.9 cm³/mol. The van der Waals surface area contributed by atoms with Crippen LogP contribution in [0.1, 0.15) is 12.8 Å². The number of nitrogens with one attached hydrogen (secondary N) is 1. The fourth-order valence-electron chi connectivity index (χ4n) is 2.30. The summed E-state index contributed by atoms with van der Waals surface area (Å²) >= 11 is 2.93. The highest BCUT2D eigenvalue weighted by molar-refractivity contribution is 9.10. The van der Waals surface area contributed by atoms with Crippen LogP contribution in [0.2, 0.25) is 0 Å². The molecule has 4 nitrogen and oxygen atoms in total. The van der Waals surface area contributed by atoms with Gasteiger partial charge in [0.05, 0.1) is 0 Å². The molecule has 1 fully saturated rings. The number of likely N-dealkylation sites (N-methyl/N-ethyl adjacent to an activating group) is 1. The van der Waals surface area contributed by atoms with Crippen molar-refractivity contribution in [3.05, 3.63) is 28.2 Å². The third-order valence-corrected chi connectivity index (χ3v) is 6.18. The summed E-state index contributed by atoms with van der Waals surface area (Å²) < 4.78 is 53.1. The molecule has 0 aromatic heterocycles. The summed E-state index contributed by atoms with van der Waals surface area (Å²) in [6.07, 6.45) is 1.57. The van der Waals surface area contributed by atoms with Crippen LogP contribution in [0.3, 0.4) is 0 Å². The van der Waals surface area contributed by atoms with Crippen molar-refractivity contribution in [1.29, 1.82) is 0 Å². The Bertz CT molecular complexity index is 586. The Balaban J connectivity index is 2.40. The van der Waals surface area contributed by atoms with Crippen molar-refractivity contribution in [2.75, 3.05) is 20.1 Å². The van der Waals surface area contributed by atoms with Crippen LogP contribution in [0.4, 0.5) is 8.78 Å². The van der Waals surface area contributed by atoms with E-state index in [-0.39, 0.29) is 17.1 Å². The molecule has 0 spiro atoms. The molecule has 1 heterocycles. The minimum atomic E-state index is -3.98. The summed E-state index contributed by atoms with van der Waals surface area (Å²) in [7, 11) is -2.22. The molecule has 2 rings (SSSR count). The van der Waals surface area contributed by atoms with E-state index in [1.54, 1.807) is 7.05 Å². The fourth-order valence-corrected chi connectivity index (χ4v) is 4.94. The molecule has 1 saturated heterocycles. The van der Waals surface area contributed by atoms with E-state index < -0.39 is 26.6 Å². The Kier molecular flexibility index (Phi) is 4.78. The van der Waals surface area contributed by atoms with E-state index in [9.17, 15) is 17.2 Å². The first-order valence-electron chi connectivity index (χ1n) is 6.18. The molecule has 0 saturated carbocycles. The molecule has 0 radical (unpaired) electrons. The summed E-state index contributed by atoms with van der Waals surface area (Å²) in [6.45, 7) is 0.617. The van der Waals surface area contributed by atoms with Gasteiger partial charge in [0.15, 0.2) is 0 Å². The highest BCUT2D eigenvalue weighted by Crippen LogP contribution is 2.30. The number of benzene rings is 1. The lowest BCUT2D eigenvalue weighted by molar-refractivity contribution is 0.292. The number of sulfonamides is 1. The molecule has 1 aromatic carbocycles. The van der Waals surface area contributed by atoms with Gasteiger partial charge in [-0.25, -0.2) is 17.2 Å². The van der Waals surface area contributed by atoms with Crippen LogP contribution < -0.4 is 5.32 Å². The number of hydrogen-bond acceptors (Lipinski definition) is 3. The third-order valence-electron chi connectivity index (χ3n) is 3.35. The van der Waals surface area contributed by atoms with Gasteiger partial charge in [-0.1, -0.05) is 0 Å². The molecule has 1 aliphatic rings. The van der Waals surface area contributed by atoms with Crippen molar-refractivity contribution in [3.8, 4) is 0 Å². The van der Waals surface area contributed by atoms with Crippen molar-refractivity contribution < 1.29 is 17.2 Å². The Labute approximate surface area is 125 Å². The molecule has 8 heteroatoms. The van der Waals surface area contributed by atoms with Crippen LogP contribution in [-0.4, -0.2) is 38.9 Å². The number of halogens is 3. The predicted octanol–water partition coefficient (Wildman–Crippen LogP) is 2.10. The average Bonchev–Trinajstić information content (AvgIpc) is 2.37. The van der Waals surface area contributed by atoms with Crippen LogP contribution in [-0.2, 0) is 10.0 Å². The van der Waals surface area contributed by atoms with E-state index in [0.717, 1.165) is 12.5 Å². The molecule has 1 N–H and O–H groups in total. The minimum Gasteiger partial charge on any atom is -0.316 e. The van der Waals surface area contributed by atoms with E-state index in [1.807, 2.05) is 0 Å². The first-order valence-corrected chi connectivity index (χ1v) is 8.41. The van der Waals surface area contributed by atoms with Crippen molar-refractivity contribution in [2.24, 2.45) is 0 Å². The maximum absolute atomic E-state index is 13.8. The molecule has 1 aliphatic heterocycles. The van der Waals surface area contributed by atoms with Gasteiger partial charge in [-0.05, 0) is 41.9 Å². The van der Waals surface area contributed by atoms with Crippen LogP contribution in [0.15, 0.2) is 21.5 Å². The zero-order valence-electron chi connectivity index (χ0n) is 10.9. The van der Waals surface area contributed by atoms with Crippen molar-refractivity contribution in [3.63, 3.8) is 0 Å². The molecule has 1 atom stereocenters. The largest absolute Gasteiger partial charge is 0.316 e. The molecule has 20 heavy (non-hydrogen) atoms. The maximum atomic E-state index is 13.8. The normalized spacial score (nSPS) is 21.1. The first kappa shape index (κ1) is 15.8. The van der Waals surface area contributed by atoms with E-state index in [2.05, 4.69) is 21.2 Å². The minimum absolute atomic E-state index is 0.0424. The summed E-state index contributed by atoms with van der Waals surface area (Å²) in [4.78, 5) is -0.504. The molecule has 0 bridgehead atoms. The van der Waals surface area contributed by atoms with Gasteiger partial charge in [-0.15, -0.1) is 0 Å². The fraction of sp³-hybridized carbons (Fsp3) is 0.500. The second-order valence-corrected chi connectivity index (χ2v) is 7.42. The summed E-state index contributed by atoms with van der Waals surface area (Å²) in [5.41, 5.74) is 0. The number of rotatable bonds is 3. The quantitative estimate of drug-likeness (QED) is 0.888. The second-order valence-electron chi connectivity index (χ2n) is 4.69. The van der Waals surface area contributed by atoms with E-state index in [0.29, 0.717) is 19.0 Å². The van der Waals surface area contributed by atoms with E-state index in [1.165, 1.54) is 4.31 Å². The zero-order chi connectivity index (χ0) is 14.9. The van der Waals surface area contributed by atoms with Crippen LogP contribution in [0.25, 0.3) is 0 Å². The van der Waals surface area contributed by atoms with Crippen LogP contribution in [0.5, 0.6) is 0 Å². The van der Waals surface area contributed by atoms with Gasteiger partial charge in [-0.2, -0.15) is 4.31 Å². The van der Waals surface area contributed by atoms with Gasteiger partial charge in [-0.3, -0.25) is 0 Å².